The standard InChI is InChI=1S/C14H8Br2N2O4/c15-13(9-1-5-11(6-2-9)17(19)20)14(16)10-3-7-12(8-4-10)18(21)22/h1-8H/b14-13+. The van der Waals surface area contributed by atoms with Gasteiger partial charge in [0.05, 0.1) is 9.85 Å². The van der Waals surface area contributed by atoms with Gasteiger partial charge in [-0.3, -0.25) is 20.2 Å². The van der Waals surface area contributed by atoms with E-state index in [4.69, 9.17) is 0 Å². The first-order valence-corrected chi connectivity index (χ1v) is 7.53. The van der Waals surface area contributed by atoms with Gasteiger partial charge in [-0.1, -0.05) is 0 Å². The van der Waals surface area contributed by atoms with Crippen molar-refractivity contribution in [3.63, 3.8) is 0 Å². The molecule has 2 aromatic carbocycles. The summed E-state index contributed by atoms with van der Waals surface area (Å²) in [5, 5.41) is 21.3. The first-order valence-electron chi connectivity index (χ1n) is 5.95. The van der Waals surface area contributed by atoms with Crippen molar-refractivity contribution in [2.24, 2.45) is 0 Å². The number of hydrogen-bond donors (Lipinski definition) is 0. The Kier molecular flexibility index (Phi) is 5.04. The van der Waals surface area contributed by atoms with Gasteiger partial charge in [-0.15, -0.1) is 0 Å². The van der Waals surface area contributed by atoms with E-state index in [1.54, 1.807) is 24.3 Å². The lowest BCUT2D eigenvalue weighted by molar-refractivity contribution is -0.385. The molecule has 0 aromatic heterocycles. The Morgan fingerprint density at radius 3 is 1.18 bits per heavy atom. The fourth-order valence-electron chi connectivity index (χ4n) is 1.71. The van der Waals surface area contributed by atoms with Gasteiger partial charge >= 0.3 is 0 Å². The van der Waals surface area contributed by atoms with Crippen LogP contribution in [0.2, 0.25) is 0 Å². The second-order valence-electron chi connectivity index (χ2n) is 4.24. The van der Waals surface area contributed by atoms with Crippen LogP contribution in [0.4, 0.5) is 11.4 Å². The van der Waals surface area contributed by atoms with Crippen molar-refractivity contribution in [2.75, 3.05) is 0 Å². The molecule has 0 bridgehead atoms. The highest BCUT2D eigenvalue weighted by molar-refractivity contribution is 9.18. The number of hydrogen-bond acceptors (Lipinski definition) is 4. The summed E-state index contributed by atoms with van der Waals surface area (Å²) in [7, 11) is 0. The van der Waals surface area contributed by atoms with E-state index in [0.717, 1.165) is 11.1 Å². The van der Waals surface area contributed by atoms with Crippen molar-refractivity contribution in [1.29, 1.82) is 0 Å². The monoisotopic (exact) mass is 426 g/mol. The minimum Gasteiger partial charge on any atom is -0.258 e. The molecular formula is C14H8Br2N2O4. The van der Waals surface area contributed by atoms with E-state index in [0.29, 0.717) is 8.96 Å². The highest BCUT2D eigenvalue weighted by Crippen LogP contribution is 2.36. The van der Waals surface area contributed by atoms with Gasteiger partial charge in [0.25, 0.3) is 11.4 Å². The van der Waals surface area contributed by atoms with Crippen LogP contribution in [-0.2, 0) is 0 Å². The summed E-state index contributed by atoms with van der Waals surface area (Å²) < 4.78 is 1.38. The van der Waals surface area contributed by atoms with E-state index >= 15 is 0 Å². The summed E-state index contributed by atoms with van der Waals surface area (Å²) in [6.45, 7) is 0. The quantitative estimate of drug-likeness (QED) is 0.385. The summed E-state index contributed by atoms with van der Waals surface area (Å²) in [6.07, 6.45) is 0. The molecule has 6 nitrogen and oxygen atoms in total. The van der Waals surface area contributed by atoms with Gasteiger partial charge in [0.1, 0.15) is 0 Å². The van der Waals surface area contributed by atoms with E-state index in [-0.39, 0.29) is 11.4 Å². The predicted molar refractivity (Wildman–Crippen MR) is 90.9 cm³/mol. The molecule has 0 saturated carbocycles. The smallest absolute Gasteiger partial charge is 0.258 e. The van der Waals surface area contributed by atoms with Crippen molar-refractivity contribution in [3.05, 3.63) is 79.9 Å². The molecule has 22 heavy (non-hydrogen) atoms. The Balaban J connectivity index is 2.35. The summed E-state index contributed by atoms with van der Waals surface area (Å²) >= 11 is 6.85. The molecule has 0 fully saturated rings. The molecule has 0 unspecified atom stereocenters. The average molecular weight is 428 g/mol. The van der Waals surface area contributed by atoms with Crippen molar-refractivity contribution < 1.29 is 9.85 Å². The van der Waals surface area contributed by atoms with Crippen LogP contribution in [0.15, 0.2) is 48.5 Å². The minimum absolute atomic E-state index is 0.00973. The van der Waals surface area contributed by atoms with Crippen LogP contribution >= 0.6 is 31.9 Å². The zero-order chi connectivity index (χ0) is 16.3. The largest absolute Gasteiger partial charge is 0.269 e. The van der Waals surface area contributed by atoms with Gasteiger partial charge < -0.3 is 0 Å². The highest BCUT2D eigenvalue weighted by atomic mass is 79.9. The van der Waals surface area contributed by atoms with Crippen LogP contribution in [0.1, 0.15) is 11.1 Å². The number of nitrogens with zero attached hydrogens (tertiary/aromatic N) is 2. The van der Waals surface area contributed by atoms with Gasteiger partial charge in [0.15, 0.2) is 0 Å². The molecule has 0 heterocycles. The van der Waals surface area contributed by atoms with Crippen LogP contribution in [0, 0.1) is 20.2 Å². The molecule has 0 N–H and O–H groups in total. The predicted octanol–water partition coefficient (Wildman–Crippen LogP) is 5.12. The SMILES string of the molecule is O=[N+]([O-])c1ccc(/C(Br)=C(\Br)c2ccc([N+](=O)[O-])cc2)cc1. The third-order valence-corrected chi connectivity index (χ3v) is 5.10. The second-order valence-corrected chi connectivity index (χ2v) is 5.82. The molecule has 0 amide bonds. The molecule has 0 atom stereocenters. The maximum absolute atomic E-state index is 10.6. The van der Waals surface area contributed by atoms with Crippen LogP contribution in [0.5, 0.6) is 0 Å². The Morgan fingerprint density at radius 2 is 0.955 bits per heavy atom. The molecular weight excluding hydrogens is 420 g/mol. The zero-order valence-electron chi connectivity index (χ0n) is 10.9. The average Bonchev–Trinajstić information content (AvgIpc) is 2.53. The van der Waals surface area contributed by atoms with E-state index in [1.807, 2.05) is 0 Å². The van der Waals surface area contributed by atoms with Crippen molar-refractivity contribution in [1.82, 2.24) is 0 Å². The Bertz CT molecular complexity index is 690. The van der Waals surface area contributed by atoms with Gasteiger partial charge in [-0.05, 0) is 67.3 Å². The third-order valence-electron chi connectivity index (χ3n) is 2.86. The van der Waals surface area contributed by atoms with Crippen LogP contribution in [-0.4, -0.2) is 9.85 Å². The molecule has 2 rings (SSSR count). The van der Waals surface area contributed by atoms with Gasteiger partial charge in [0.2, 0.25) is 0 Å². The fourth-order valence-corrected chi connectivity index (χ4v) is 2.70. The Hall–Kier alpha value is -2.06. The molecule has 0 aliphatic carbocycles. The fraction of sp³-hybridized carbons (Fsp3) is 0. The van der Waals surface area contributed by atoms with Crippen LogP contribution < -0.4 is 0 Å². The molecule has 0 radical (unpaired) electrons. The number of benzene rings is 2. The van der Waals surface area contributed by atoms with Crippen LogP contribution in [0.25, 0.3) is 8.96 Å². The van der Waals surface area contributed by atoms with Crippen molar-refractivity contribution in [3.8, 4) is 0 Å². The highest BCUT2D eigenvalue weighted by Gasteiger charge is 2.11. The van der Waals surface area contributed by atoms with E-state index in [2.05, 4.69) is 31.9 Å². The number of nitro benzene ring substituents is 2. The summed E-state index contributed by atoms with van der Waals surface area (Å²) in [4.78, 5) is 20.4. The van der Waals surface area contributed by atoms with E-state index < -0.39 is 9.85 Å². The number of nitro groups is 2. The minimum atomic E-state index is -0.466. The molecule has 2 aromatic rings. The van der Waals surface area contributed by atoms with E-state index in [9.17, 15) is 20.2 Å². The third kappa shape index (κ3) is 3.58. The second kappa shape index (κ2) is 6.80. The first-order chi connectivity index (χ1) is 10.4. The summed E-state index contributed by atoms with van der Waals surface area (Å²) in [5.74, 6) is 0. The molecule has 0 aliphatic heterocycles. The topological polar surface area (TPSA) is 86.3 Å². The Labute approximate surface area is 142 Å². The molecule has 0 saturated heterocycles. The lowest BCUT2D eigenvalue weighted by Gasteiger charge is -2.05. The normalized spacial score (nSPS) is 11.7. The first kappa shape index (κ1) is 16.3. The van der Waals surface area contributed by atoms with Crippen molar-refractivity contribution in [2.45, 2.75) is 0 Å². The molecule has 0 aliphatic rings. The maximum atomic E-state index is 10.6. The van der Waals surface area contributed by atoms with Crippen molar-refractivity contribution >= 4 is 52.2 Å². The molecule has 112 valence electrons. The zero-order valence-corrected chi connectivity index (χ0v) is 14.1. The lowest BCUT2D eigenvalue weighted by Crippen LogP contribution is -1.89. The molecule has 0 spiro atoms. The van der Waals surface area contributed by atoms with Gasteiger partial charge in [0, 0.05) is 33.2 Å². The molecule has 8 heteroatoms. The van der Waals surface area contributed by atoms with Crippen LogP contribution in [0.3, 0.4) is 0 Å². The van der Waals surface area contributed by atoms with Gasteiger partial charge in [-0.25, -0.2) is 0 Å². The summed E-state index contributed by atoms with van der Waals surface area (Å²) in [6, 6.07) is 12.1. The maximum Gasteiger partial charge on any atom is 0.269 e. The number of rotatable bonds is 4. The Morgan fingerprint density at radius 1 is 0.682 bits per heavy atom. The number of halogens is 2. The lowest BCUT2D eigenvalue weighted by atomic mass is 10.1. The number of non-ortho nitro benzene ring substituents is 2. The summed E-state index contributed by atoms with van der Waals surface area (Å²) in [5.41, 5.74) is 1.51. The van der Waals surface area contributed by atoms with E-state index in [1.165, 1.54) is 24.3 Å². The van der Waals surface area contributed by atoms with Gasteiger partial charge in [-0.2, -0.15) is 0 Å².